The number of rotatable bonds is 4. The van der Waals surface area contributed by atoms with E-state index in [-0.39, 0.29) is 6.04 Å². The minimum Gasteiger partial charge on any atom is -0.255 e. The minimum absolute atomic E-state index is 0.228. The van der Waals surface area contributed by atoms with Crippen LogP contribution in [0.4, 0.5) is 0 Å². The molecule has 3 rings (SSSR count). The van der Waals surface area contributed by atoms with Crippen molar-refractivity contribution in [1.82, 2.24) is 4.68 Å². The number of thiophene rings is 1. The fourth-order valence-electron chi connectivity index (χ4n) is 2.17. The molecule has 24 heavy (non-hydrogen) atoms. The van der Waals surface area contributed by atoms with Gasteiger partial charge in [0.05, 0.1) is 16.8 Å². The molecule has 2 aromatic heterocycles. The van der Waals surface area contributed by atoms with Crippen LogP contribution >= 0.6 is 38.6 Å². The van der Waals surface area contributed by atoms with Gasteiger partial charge in [-0.15, -0.1) is 22.7 Å². The maximum atomic E-state index is 4.73. The third-order valence-corrected chi connectivity index (χ3v) is 5.70. The topological polar surface area (TPSA) is 29.6 Å². The summed E-state index contributed by atoms with van der Waals surface area (Å²) >= 11 is 6.81. The molecule has 0 amide bonds. The fourth-order valence-corrected chi connectivity index (χ4v) is 4.18. The van der Waals surface area contributed by atoms with Crippen molar-refractivity contribution in [3.8, 4) is 11.3 Å². The molecule has 124 valence electrons. The van der Waals surface area contributed by atoms with Gasteiger partial charge in [0.2, 0.25) is 4.80 Å². The molecule has 0 aliphatic heterocycles. The van der Waals surface area contributed by atoms with Crippen molar-refractivity contribution in [1.29, 1.82) is 0 Å². The molecule has 0 unspecified atom stereocenters. The van der Waals surface area contributed by atoms with Gasteiger partial charge in [-0.05, 0) is 49.9 Å². The van der Waals surface area contributed by atoms with Crippen LogP contribution in [0.3, 0.4) is 0 Å². The van der Waals surface area contributed by atoms with E-state index in [9.17, 15) is 0 Å². The molecule has 1 aromatic carbocycles. The third-order valence-electron chi connectivity index (χ3n) is 3.39. The molecule has 0 atom stereocenters. The highest BCUT2D eigenvalue weighted by Gasteiger charge is 2.08. The summed E-state index contributed by atoms with van der Waals surface area (Å²) in [4.78, 5) is 6.79. The van der Waals surface area contributed by atoms with Gasteiger partial charge in [0.25, 0.3) is 0 Å². The van der Waals surface area contributed by atoms with Gasteiger partial charge in [0.15, 0.2) is 0 Å². The zero-order chi connectivity index (χ0) is 17.1. The molecular formula is C18H18BrN3S2. The summed E-state index contributed by atoms with van der Waals surface area (Å²) in [5.74, 6) is 0. The molecule has 3 aromatic rings. The Morgan fingerprint density at radius 2 is 1.88 bits per heavy atom. The van der Waals surface area contributed by atoms with E-state index >= 15 is 0 Å². The average Bonchev–Trinajstić information content (AvgIpc) is 3.12. The molecule has 0 fully saturated rings. The first kappa shape index (κ1) is 17.3. The summed E-state index contributed by atoms with van der Waals surface area (Å²) in [6.07, 6.45) is 1.93. The Balaban J connectivity index is 2.10. The molecule has 6 heteroatoms. The number of thiazole rings is 1. The first-order chi connectivity index (χ1) is 11.5. The van der Waals surface area contributed by atoms with Crippen LogP contribution in [-0.2, 0) is 0 Å². The van der Waals surface area contributed by atoms with Gasteiger partial charge in [0, 0.05) is 21.5 Å². The van der Waals surface area contributed by atoms with Crippen LogP contribution < -0.4 is 4.80 Å². The number of benzene rings is 1. The van der Waals surface area contributed by atoms with Gasteiger partial charge in [-0.2, -0.15) is 5.10 Å². The molecule has 0 saturated heterocycles. The van der Waals surface area contributed by atoms with Crippen LogP contribution in [0.5, 0.6) is 0 Å². The van der Waals surface area contributed by atoms with E-state index < -0.39 is 0 Å². The molecule has 3 nitrogen and oxygen atoms in total. The fraction of sp³-hybridized carbons (Fsp3) is 0.222. The second-order valence-electron chi connectivity index (χ2n) is 5.66. The number of hydrogen-bond donors (Lipinski definition) is 0. The van der Waals surface area contributed by atoms with Gasteiger partial charge in [-0.1, -0.05) is 28.1 Å². The van der Waals surface area contributed by atoms with Crippen molar-refractivity contribution in [3.05, 3.63) is 60.8 Å². The van der Waals surface area contributed by atoms with E-state index in [2.05, 4.69) is 65.7 Å². The van der Waals surface area contributed by atoms with Crippen LogP contribution in [0.1, 0.15) is 24.3 Å². The van der Waals surface area contributed by atoms with Crippen LogP contribution in [0.15, 0.2) is 55.7 Å². The van der Waals surface area contributed by atoms with Gasteiger partial charge in [0.1, 0.15) is 0 Å². The Labute approximate surface area is 158 Å². The van der Waals surface area contributed by atoms with Crippen molar-refractivity contribution < 1.29 is 0 Å². The number of aromatic nitrogens is 1. The summed E-state index contributed by atoms with van der Waals surface area (Å²) in [6, 6.07) is 10.6. The average molecular weight is 420 g/mol. The molecule has 0 N–H and O–H groups in total. The minimum atomic E-state index is 0.228. The summed E-state index contributed by atoms with van der Waals surface area (Å²) in [7, 11) is 0. The lowest BCUT2D eigenvalue weighted by molar-refractivity contribution is 0.755. The van der Waals surface area contributed by atoms with E-state index in [0.717, 1.165) is 20.5 Å². The highest BCUT2D eigenvalue weighted by molar-refractivity contribution is 9.10. The zero-order valence-corrected chi connectivity index (χ0v) is 17.0. The van der Waals surface area contributed by atoms with E-state index in [1.807, 2.05) is 23.0 Å². The van der Waals surface area contributed by atoms with Crippen molar-refractivity contribution in [2.45, 2.75) is 26.8 Å². The maximum absolute atomic E-state index is 4.73. The summed E-state index contributed by atoms with van der Waals surface area (Å²) < 4.78 is 3.01. The van der Waals surface area contributed by atoms with Crippen LogP contribution in [-0.4, -0.2) is 16.9 Å². The summed E-state index contributed by atoms with van der Waals surface area (Å²) in [6.45, 7) is 6.26. The summed E-state index contributed by atoms with van der Waals surface area (Å²) in [5, 5.41) is 8.93. The highest BCUT2D eigenvalue weighted by atomic mass is 79.9. The second kappa shape index (κ2) is 7.59. The largest absolute Gasteiger partial charge is 0.255 e. The third kappa shape index (κ3) is 3.94. The Hall–Kier alpha value is -1.50. The lowest BCUT2D eigenvalue weighted by Gasteiger charge is -2.04. The predicted octanol–water partition coefficient (Wildman–Crippen LogP) is 5.54. The van der Waals surface area contributed by atoms with Crippen molar-refractivity contribution in [2.75, 3.05) is 0 Å². The van der Waals surface area contributed by atoms with E-state index in [1.165, 1.54) is 10.4 Å². The Morgan fingerprint density at radius 1 is 1.12 bits per heavy atom. The normalized spacial score (nSPS) is 12.6. The molecule has 0 saturated carbocycles. The van der Waals surface area contributed by atoms with Crippen LogP contribution in [0, 0.1) is 6.92 Å². The molecule has 0 aliphatic rings. The van der Waals surface area contributed by atoms with E-state index in [4.69, 9.17) is 10.1 Å². The second-order valence-corrected chi connectivity index (χ2v) is 8.36. The molecule has 0 radical (unpaired) electrons. The van der Waals surface area contributed by atoms with Crippen molar-refractivity contribution in [2.24, 2.45) is 10.1 Å². The lowest BCUT2D eigenvalue weighted by Crippen LogP contribution is -2.14. The molecule has 0 aliphatic carbocycles. The summed E-state index contributed by atoms with van der Waals surface area (Å²) in [5.41, 5.74) is 3.42. The molecule has 2 heterocycles. The van der Waals surface area contributed by atoms with Gasteiger partial charge < -0.3 is 0 Å². The van der Waals surface area contributed by atoms with E-state index in [1.54, 1.807) is 22.7 Å². The number of halogens is 1. The Morgan fingerprint density at radius 3 is 2.50 bits per heavy atom. The predicted molar refractivity (Wildman–Crippen MR) is 108 cm³/mol. The maximum Gasteiger partial charge on any atom is 0.206 e. The van der Waals surface area contributed by atoms with Crippen molar-refractivity contribution in [3.63, 3.8) is 0 Å². The zero-order valence-electron chi connectivity index (χ0n) is 13.7. The van der Waals surface area contributed by atoms with Gasteiger partial charge in [-0.3, -0.25) is 4.99 Å². The first-order valence-corrected chi connectivity index (χ1v) is 10.2. The number of nitrogens with zero attached hydrogens (tertiary/aromatic N) is 3. The van der Waals surface area contributed by atoms with E-state index in [0.29, 0.717) is 0 Å². The lowest BCUT2D eigenvalue weighted by atomic mass is 10.2. The Kier molecular flexibility index (Phi) is 5.48. The van der Waals surface area contributed by atoms with Crippen LogP contribution in [0.25, 0.3) is 11.3 Å². The van der Waals surface area contributed by atoms with Crippen LogP contribution in [0.2, 0.25) is 0 Å². The molecule has 0 bridgehead atoms. The van der Waals surface area contributed by atoms with Crippen molar-refractivity contribution >= 4 is 44.8 Å². The highest BCUT2D eigenvalue weighted by Crippen LogP contribution is 2.23. The SMILES string of the molecule is Cc1ccsc1C=Nn1c(-c2ccc(Br)cc2)csc1=NC(C)C. The van der Waals surface area contributed by atoms with Gasteiger partial charge >= 0.3 is 0 Å². The standard InChI is InChI=1S/C18H18BrN3S2/c1-12(2)21-18-22(20-10-17-13(3)8-9-23-17)16(11-24-18)14-4-6-15(19)7-5-14/h4-12H,1-3H3. The quantitative estimate of drug-likeness (QED) is 0.496. The van der Waals surface area contributed by atoms with Gasteiger partial charge in [-0.25, -0.2) is 4.68 Å². The number of aryl methyl sites for hydroxylation is 1. The first-order valence-electron chi connectivity index (χ1n) is 7.63. The number of hydrogen-bond acceptors (Lipinski definition) is 4. The monoisotopic (exact) mass is 419 g/mol. The Bertz CT molecular complexity index is 914. The smallest absolute Gasteiger partial charge is 0.206 e. The molecule has 0 spiro atoms. The molecular weight excluding hydrogens is 402 g/mol.